The first-order valence-corrected chi connectivity index (χ1v) is 10.6. The molecule has 2 aromatic heterocycles. The molecule has 0 N–H and O–H groups in total. The number of carbonyl (C=O) groups excluding carboxylic acids is 1. The summed E-state index contributed by atoms with van der Waals surface area (Å²) in [5, 5.41) is 4.32. The van der Waals surface area contributed by atoms with Crippen LogP contribution >= 0.6 is 0 Å². The number of aromatic nitrogens is 3. The van der Waals surface area contributed by atoms with Crippen molar-refractivity contribution in [2.75, 3.05) is 31.1 Å². The van der Waals surface area contributed by atoms with Gasteiger partial charge >= 0.3 is 6.18 Å². The zero-order valence-electron chi connectivity index (χ0n) is 17.8. The Morgan fingerprint density at radius 3 is 2.38 bits per heavy atom. The van der Waals surface area contributed by atoms with E-state index in [4.69, 9.17) is 0 Å². The van der Waals surface area contributed by atoms with Gasteiger partial charge in [0.05, 0.1) is 17.5 Å². The maximum Gasteiger partial charge on any atom is 0.416 e. The molecular weight excluding hydrogens is 450 g/mol. The molecule has 174 valence electrons. The summed E-state index contributed by atoms with van der Waals surface area (Å²) in [6, 6.07) is 12.9. The smallest absolute Gasteiger partial charge is 0.368 e. The van der Waals surface area contributed by atoms with E-state index in [1.54, 1.807) is 39.9 Å². The van der Waals surface area contributed by atoms with Gasteiger partial charge in [0.25, 0.3) is 5.91 Å². The van der Waals surface area contributed by atoms with Gasteiger partial charge in [0.2, 0.25) is 0 Å². The van der Waals surface area contributed by atoms with Crippen LogP contribution in [0, 0.1) is 5.82 Å². The van der Waals surface area contributed by atoms with Gasteiger partial charge in [0, 0.05) is 43.6 Å². The predicted molar refractivity (Wildman–Crippen MR) is 118 cm³/mol. The highest BCUT2D eigenvalue weighted by Crippen LogP contribution is 2.32. The van der Waals surface area contributed by atoms with Crippen molar-refractivity contribution >= 4 is 17.2 Å². The zero-order chi connectivity index (χ0) is 23.9. The van der Waals surface area contributed by atoms with Gasteiger partial charge in [-0.15, -0.1) is 0 Å². The molecule has 0 radical (unpaired) electrons. The van der Waals surface area contributed by atoms with E-state index in [0.29, 0.717) is 48.8 Å². The fourth-order valence-corrected chi connectivity index (χ4v) is 4.10. The van der Waals surface area contributed by atoms with E-state index < -0.39 is 11.7 Å². The molecule has 0 bridgehead atoms. The fraction of sp³-hybridized carbons (Fsp3) is 0.208. The second-order valence-corrected chi connectivity index (χ2v) is 7.96. The van der Waals surface area contributed by atoms with Gasteiger partial charge in [-0.05, 0) is 48.5 Å². The normalized spacial score (nSPS) is 14.6. The van der Waals surface area contributed by atoms with E-state index in [9.17, 15) is 22.4 Å². The Bertz CT molecular complexity index is 1340. The lowest BCUT2D eigenvalue weighted by molar-refractivity contribution is -0.137. The van der Waals surface area contributed by atoms with Crippen LogP contribution in [0.4, 0.5) is 23.2 Å². The average molecular weight is 469 g/mol. The molecule has 1 aliphatic rings. The van der Waals surface area contributed by atoms with E-state index >= 15 is 0 Å². The highest BCUT2D eigenvalue weighted by atomic mass is 19.4. The maximum atomic E-state index is 13.3. The highest BCUT2D eigenvalue weighted by molar-refractivity contribution is 6.00. The Hall–Kier alpha value is -3.95. The molecule has 34 heavy (non-hydrogen) atoms. The summed E-state index contributed by atoms with van der Waals surface area (Å²) in [7, 11) is 0. The Morgan fingerprint density at radius 1 is 0.941 bits per heavy atom. The van der Waals surface area contributed by atoms with Gasteiger partial charge in [-0.2, -0.15) is 18.3 Å². The molecule has 0 saturated carbocycles. The van der Waals surface area contributed by atoms with Crippen LogP contribution in [-0.2, 0) is 6.18 Å². The number of carbonyl (C=O) groups is 1. The number of amides is 1. The number of halogens is 4. The lowest BCUT2D eigenvalue weighted by Crippen LogP contribution is -2.48. The Morgan fingerprint density at radius 2 is 1.68 bits per heavy atom. The quantitative estimate of drug-likeness (QED) is 0.414. The number of anilines is 1. The van der Waals surface area contributed by atoms with Gasteiger partial charge in [-0.1, -0.05) is 6.07 Å². The minimum Gasteiger partial charge on any atom is -0.368 e. The standard InChI is InChI=1S/C24H19F4N5O/c25-18-6-4-16(5-7-18)21-8-9-29-22-20(15-30-33(21)22)23(34)32-12-10-31(11-13-32)19-3-1-2-17(14-19)24(26,27)28/h1-9,14-15H,10-13H2. The number of benzene rings is 2. The molecule has 0 spiro atoms. The third kappa shape index (κ3) is 4.07. The first-order valence-electron chi connectivity index (χ1n) is 10.6. The summed E-state index contributed by atoms with van der Waals surface area (Å²) in [6.07, 6.45) is -1.38. The van der Waals surface area contributed by atoms with Crippen LogP contribution in [-0.4, -0.2) is 51.6 Å². The summed E-state index contributed by atoms with van der Waals surface area (Å²) in [5.74, 6) is -0.600. The van der Waals surface area contributed by atoms with Crippen molar-refractivity contribution in [1.82, 2.24) is 19.5 Å². The van der Waals surface area contributed by atoms with Crippen molar-refractivity contribution in [2.45, 2.75) is 6.18 Å². The van der Waals surface area contributed by atoms with Gasteiger partial charge in [0.1, 0.15) is 11.4 Å². The van der Waals surface area contributed by atoms with Crippen molar-refractivity contribution in [1.29, 1.82) is 0 Å². The van der Waals surface area contributed by atoms with Gasteiger partial charge < -0.3 is 9.80 Å². The summed E-state index contributed by atoms with van der Waals surface area (Å²) in [4.78, 5) is 21.0. The number of nitrogens with zero attached hydrogens (tertiary/aromatic N) is 5. The number of hydrogen-bond donors (Lipinski definition) is 0. The molecule has 1 aliphatic heterocycles. The second kappa shape index (κ2) is 8.44. The Balaban J connectivity index is 1.34. The molecule has 6 nitrogen and oxygen atoms in total. The van der Waals surface area contributed by atoms with Crippen molar-refractivity contribution in [3.63, 3.8) is 0 Å². The molecule has 1 fully saturated rings. The number of piperazine rings is 1. The molecule has 3 heterocycles. The van der Waals surface area contributed by atoms with Crippen LogP contribution in [0.25, 0.3) is 16.9 Å². The Labute approximate surface area is 192 Å². The van der Waals surface area contributed by atoms with E-state index in [-0.39, 0.29) is 11.7 Å². The summed E-state index contributed by atoms with van der Waals surface area (Å²) >= 11 is 0. The van der Waals surface area contributed by atoms with E-state index in [2.05, 4.69) is 10.1 Å². The summed E-state index contributed by atoms with van der Waals surface area (Å²) in [6.45, 7) is 1.51. The molecular formula is C24H19F4N5O. The first-order chi connectivity index (χ1) is 16.3. The minimum atomic E-state index is -4.41. The van der Waals surface area contributed by atoms with E-state index in [0.717, 1.165) is 17.7 Å². The molecule has 0 aliphatic carbocycles. The van der Waals surface area contributed by atoms with Crippen LogP contribution in [0.1, 0.15) is 15.9 Å². The summed E-state index contributed by atoms with van der Waals surface area (Å²) < 4.78 is 54.0. The van der Waals surface area contributed by atoms with Crippen LogP contribution in [0.3, 0.4) is 0 Å². The number of rotatable bonds is 3. The van der Waals surface area contributed by atoms with Crippen LogP contribution in [0.2, 0.25) is 0 Å². The van der Waals surface area contributed by atoms with Gasteiger partial charge in [-0.3, -0.25) is 4.79 Å². The molecule has 0 atom stereocenters. The largest absolute Gasteiger partial charge is 0.416 e. The van der Waals surface area contributed by atoms with Crippen molar-refractivity contribution in [3.8, 4) is 11.3 Å². The van der Waals surface area contributed by atoms with Crippen molar-refractivity contribution in [2.24, 2.45) is 0 Å². The predicted octanol–water partition coefficient (Wildman–Crippen LogP) is 4.52. The molecule has 5 rings (SSSR count). The first kappa shape index (κ1) is 21.9. The minimum absolute atomic E-state index is 0.248. The van der Waals surface area contributed by atoms with Crippen LogP contribution < -0.4 is 4.90 Å². The molecule has 0 unspecified atom stereocenters. The molecule has 1 amide bonds. The molecule has 4 aromatic rings. The average Bonchev–Trinajstić information content (AvgIpc) is 3.28. The van der Waals surface area contributed by atoms with Gasteiger partial charge in [-0.25, -0.2) is 13.9 Å². The summed E-state index contributed by atoms with van der Waals surface area (Å²) in [5.41, 5.74) is 1.88. The molecule has 10 heteroatoms. The second-order valence-electron chi connectivity index (χ2n) is 7.96. The molecule has 1 saturated heterocycles. The van der Waals surface area contributed by atoms with E-state index in [1.165, 1.54) is 24.4 Å². The Kier molecular flexibility index (Phi) is 5.43. The zero-order valence-corrected chi connectivity index (χ0v) is 17.8. The lowest BCUT2D eigenvalue weighted by Gasteiger charge is -2.36. The monoisotopic (exact) mass is 469 g/mol. The number of fused-ring (bicyclic) bond motifs is 1. The van der Waals surface area contributed by atoms with Crippen molar-refractivity contribution < 1.29 is 22.4 Å². The van der Waals surface area contributed by atoms with Crippen molar-refractivity contribution in [3.05, 3.63) is 83.9 Å². The van der Waals surface area contributed by atoms with Gasteiger partial charge in [0.15, 0.2) is 5.65 Å². The SMILES string of the molecule is O=C(c1cnn2c(-c3ccc(F)cc3)ccnc12)N1CCN(c2cccc(C(F)(F)F)c2)CC1. The third-order valence-electron chi connectivity index (χ3n) is 5.88. The third-order valence-corrected chi connectivity index (χ3v) is 5.88. The van der Waals surface area contributed by atoms with Crippen LogP contribution in [0.5, 0.6) is 0 Å². The number of hydrogen-bond acceptors (Lipinski definition) is 4. The fourth-order valence-electron chi connectivity index (χ4n) is 4.10. The molecule has 2 aromatic carbocycles. The topological polar surface area (TPSA) is 53.7 Å². The number of alkyl halides is 3. The highest BCUT2D eigenvalue weighted by Gasteiger charge is 2.31. The lowest BCUT2D eigenvalue weighted by atomic mass is 10.1. The maximum absolute atomic E-state index is 13.3. The van der Waals surface area contributed by atoms with Crippen LogP contribution in [0.15, 0.2) is 67.0 Å². The van der Waals surface area contributed by atoms with E-state index in [1.807, 2.05) is 4.90 Å².